The number of halogens is 1. The van der Waals surface area contributed by atoms with Gasteiger partial charge in [0.25, 0.3) is 5.91 Å². The Morgan fingerprint density at radius 3 is 2.53 bits per heavy atom. The van der Waals surface area contributed by atoms with Gasteiger partial charge in [-0.2, -0.15) is 0 Å². The first-order chi connectivity index (χ1) is 9.24. The number of carbonyl (C=O) groups is 1. The van der Waals surface area contributed by atoms with Crippen molar-refractivity contribution >= 4 is 23.2 Å². The molecule has 0 spiro atoms. The van der Waals surface area contributed by atoms with Crippen molar-refractivity contribution in [1.82, 2.24) is 10.9 Å². The molecule has 1 aliphatic rings. The van der Waals surface area contributed by atoms with Crippen molar-refractivity contribution in [1.29, 1.82) is 0 Å². The van der Waals surface area contributed by atoms with Crippen molar-refractivity contribution < 1.29 is 4.79 Å². The topological polar surface area (TPSA) is 53.2 Å². The molecule has 0 saturated carbocycles. The first-order valence-corrected chi connectivity index (χ1v) is 6.29. The summed E-state index contributed by atoms with van der Waals surface area (Å²) in [6.07, 6.45) is -0.204. The van der Waals surface area contributed by atoms with Crippen molar-refractivity contribution in [3.8, 4) is 0 Å². The van der Waals surface area contributed by atoms with E-state index in [1.807, 2.05) is 42.5 Å². The lowest BCUT2D eigenvalue weighted by Crippen LogP contribution is -2.39. The molecule has 0 aromatic heterocycles. The number of carbonyl (C=O) groups excluding carboxylic acids is 1. The molecule has 1 atom stereocenters. The van der Waals surface area contributed by atoms with Crippen LogP contribution in [0.5, 0.6) is 0 Å². The summed E-state index contributed by atoms with van der Waals surface area (Å²) in [5, 5.41) is 3.97. The fourth-order valence-corrected chi connectivity index (χ4v) is 2.15. The Bertz CT molecular complexity index is 612. The molecule has 0 fully saturated rings. The van der Waals surface area contributed by atoms with Crippen molar-refractivity contribution in [2.24, 2.45) is 0 Å². The molecule has 3 N–H and O–H groups in total. The summed E-state index contributed by atoms with van der Waals surface area (Å²) in [6.45, 7) is 0. The molecule has 2 aromatic rings. The molecule has 3 rings (SSSR count). The van der Waals surface area contributed by atoms with E-state index in [2.05, 4.69) is 16.2 Å². The Morgan fingerprint density at radius 1 is 1.00 bits per heavy atom. The molecule has 4 nitrogen and oxygen atoms in total. The highest BCUT2D eigenvalue weighted by atomic mass is 35.5. The number of anilines is 1. The number of hydrazine groups is 1. The maximum Gasteiger partial charge on any atom is 0.267 e. The van der Waals surface area contributed by atoms with Gasteiger partial charge in [-0.3, -0.25) is 10.2 Å². The molecule has 5 heteroatoms. The van der Waals surface area contributed by atoms with Crippen molar-refractivity contribution in [2.45, 2.75) is 6.17 Å². The molecule has 2 aromatic carbocycles. The van der Waals surface area contributed by atoms with Crippen LogP contribution < -0.4 is 16.2 Å². The Labute approximate surface area is 115 Å². The number of hydrogen-bond donors (Lipinski definition) is 3. The van der Waals surface area contributed by atoms with E-state index in [1.165, 1.54) is 0 Å². The molecule has 1 unspecified atom stereocenters. The SMILES string of the molecule is O=C1NNC(c2ccc(Cl)cc2)Nc2ccccc21. The minimum atomic E-state index is -0.204. The average Bonchev–Trinajstić information content (AvgIpc) is 2.60. The smallest absolute Gasteiger partial charge is 0.267 e. The molecule has 1 amide bonds. The van der Waals surface area contributed by atoms with Gasteiger partial charge in [-0.05, 0) is 29.8 Å². The predicted octanol–water partition coefficient (Wildman–Crippen LogP) is 2.70. The lowest BCUT2D eigenvalue weighted by Gasteiger charge is -2.18. The van der Waals surface area contributed by atoms with E-state index >= 15 is 0 Å². The van der Waals surface area contributed by atoms with E-state index in [0.717, 1.165) is 11.3 Å². The summed E-state index contributed by atoms with van der Waals surface area (Å²) in [6, 6.07) is 14.8. The lowest BCUT2D eigenvalue weighted by atomic mass is 10.1. The van der Waals surface area contributed by atoms with Crippen molar-refractivity contribution in [3.63, 3.8) is 0 Å². The van der Waals surface area contributed by atoms with Gasteiger partial charge in [0.2, 0.25) is 0 Å². The normalized spacial score (nSPS) is 17.9. The Morgan fingerprint density at radius 2 is 1.74 bits per heavy atom. The molecule has 0 aliphatic carbocycles. The van der Waals surface area contributed by atoms with Crippen LogP contribution in [-0.4, -0.2) is 5.91 Å². The van der Waals surface area contributed by atoms with Gasteiger partial charge in [0, 0.05) is 10.7 Å². The number of fused-ring (bicyclic) bond motifs is 1. The summed E-state index contributed by atoms with van der Waals surface area (Å²) >= 11 is 5.88. The monoisotopic (exact) mass is 273 g/mol. The summed E-state index contributed by atoms with van der Waals surface area (Å²) in [7, 11) is 0. The van der Waals surface area contributed by atoms with Crippen LogP contribution in [0.2, 0.25) is 5.02 Å². The number of para-hydroxylation sites is 1. The van der Waals surface area contributed by atoms with Crippen LogP contribution in [0.1, 0.15) is 22.1 Å². The summed E-state index contributed by atoms with van der Waals surface area (Å²) in [4.78, 5) is 11.9. The van der Waals surface area contributed by atoms with E-state index in [0.29, 0.717) is 10.6 Å². The third kappa shape index (κ3) is 2.41. The maximum absolute atomic E-state index is 11.9. The van der Waals surface area contributed by atoms with E-state index < -0.39 is 0 Å². The molecule has 0 saturated heterocycles. The third-order valence-corrected chi connectivity index (χ3v) is 3.26. The van der Waals surface area contributed by atoms with Crippen molar-refractivity contribution in [3.05, 3.63) is 64.7 Å². The van der Waals surface area contributed by atoms with Crippen LogP contribution >= 0.6 is 11.6 Å². The maximum atomic E-state index is 11.9. The zero-order valence-electron chi connectivity index (χ0n) is 9.98. The quantitative estimate of drug-likeness (QED) is 0.749. The molecule has 1 heterocycles. The summed E-state index contributed by atoms with van der Waals surface area (Å²) in [5.41, 5.74) is 8.04. The second kappa shape index (κ2) is 4.91. The van der Waals surface area contributed by atoms with E-state index in [1.54, 1.807) is 6.07 Å². The molecule has 0 bridgehead atoms. The van der Waals surface area contributed by atoms with Crippen LogP contribution in [0.4, 0.5) is 5.69 Å². The van der Waals surface area contributed by atoms with E-state index in [4.69, 9.17) is 11.6 Å². The zero-order chi connectivity index (χ0) is 13.2. The lowest BCUT2D eigenvalue weighted by molar-refractivity contribution is 0.0932. The van der Waals surface area contributed by atoms with Crippen LogP contribution in [0.15, 0.2) is 48.5 Å². The van der Waals surface area contributed by atoms with E-state index in [9.17, 15) is 4.79 Å². The Kier molecular flexibility index (Phi) is 3.11. The van der Waals surface area contributed by atoms with Gasteiger partial charge in [-0.25, -0.2) is 5.43 Å². The van der Waals surface area contributed by atoms with E-state index in [-0.39, 0.29) is 12.1 Å². The second-order valence-electron chi connectivity index (χ2n) is 4.27. The fraction of sp³-hybridized carbons (Fsp3) is 0.0714. The van der Waals surface area contributed by atoms with Gasteiger partial charge < -0.3 is 5.32 Å². The minimum Gasteiger partial charge on any atom is -0.364 e. The van der Waals surface area contributed by atoms with Crippen LogP contribution in [-0.2, 0) is 0 Å². The Balaban J connectivity index is 1.94. The van der Waals surface area contributed by atoms with Gasteiger partial charge in [0.05, 0.1) is 5.56 Å². The average molecular weight is 274 g/mol. The Hall–Kier alpha value is -2.04. The first kappa shape index (κ1) is 12.0. The third-order valence-electron chi connectivity index (χ3n) is 3.00. The largest absolute Gasteiger partial charge is 0.364 e. The zero-order valence-corrected chi connectivity index (χ0v) is 10.7. The number of benzene rings is 2. The summed E-state index contributed by atoms with van der Waals surface area (Å²) in [5.74, 6) is -0.153. The number of rotatable bonds is 1. The molecule has 1 aliphatic heterocycles. The van der Waals surface area contributed by atoms with Gasteiger partial charge in [-0.15, -0.1) is 0 Å². The highest BCUT2D eigenvalue weighted by Crippen LogP contribution is 2.23. The molecular weight excluding hydrogens is 262 g/mol. The highest BCUT2D eigenvalue weighted by Gasteiger charge is 2.20. The number of hydrogen-bond acceptors (Lipinski definition) is 3. The summed E-state index contributed by atoms with van der Waals surface area (Å²) < 4.78 is 0. The highest BCUT2D eigenvalue weighted by molar-refractivity contribution is 6.30. The minimum absolute atomic E-state index is 0.153. The van der Waals surface area contributed by atoms with Gasteiger partial charge >= 0.3 is 0 Å². The fourth-order valence-electron chi connectivity index (χ4n) is 2.03. The van der Waals surface area contributed by atoms with Crippen LogP contribution in [0, 0.1) is 0 Å². The second-order valence-corrected chi connectivity index (χ2v) is 4.71. The van der Waals surface area contributed by atoms with Crippen molar-refractivity contribution in [2.75, 3.05) is 5.32 Å². The van der Waals surface area contributed by atoms with Gasteiger partial charge in [0.1, 0.15) is 6.17 Å². The molecule has 0 radical (unpaired) electrons. The molecular formula is C14H12ClN3O. The first-order valence-electron chi connectivity index (χ1n) is 5.91. The van der Waals surface area contributed by atoms with Gasteiger partial charge in [0.15, 0.2) is 0 Å². The molecule has 96 valence electrons. The van der Waals surface area contributed by atoms with Crippen LogP contribution in [0.3, 0.4) is 0 Å². The molecule has 19 heavy (non-hydrogen) atoms. The number of amides is 1. The van der Waals surface area contributed by atoms with Crippen LogP contribution in [0.25, 0.3) is 0 Å². The van der Waals surface area contributed by atoms with Gasteiger partial charge in [-0.1, -0.05) is 35.9 Å². The standard InChI is InChI=1S/C14H12ClN3O/c15-10-7-5-9(6-8-10)13-16-12-4-2-1-3-11(12)14(19)18-17-13/h1-8,13,16-17H,(H,18,19). The number of nitrogens with one attached hydrogen (secondary N) is 3. The predicted molar refractivity (Wildman–Crippen MR) is 74.9 cm³/mol.